The largest absolute Gasteiger partial charge is 0.489 e. The average molecular weight is 313 g/mol. The Morgan fingerprint density at radius 2 is 1.78 bits per heavy atom. The van der Waals surface area contributed by atoms with Gasteiger partial charge in [-0.25, -0.2) is 0 Å². The molecule has 0 aliphatic heterocycles. The molecule has 0 heterocycles. The number of benzene rings is 2. The molecule has 0 radical (unpaired) electrons. The van der Waals surface area contributed by atoms with Gasteiger partial charge in [0.2, 0.25) is 5.91 Å². The smallest absolute Gasteiger partial charge is 0.220 e. The number of rotatable bonds is 8. The van der Waals surface area contributed by atoms with Crippen LogP contribution in [0.25, 0.3) is 0 Å². The zero-order chi connectivity index (χ0) is 16.5. The van der Waals surface area contributed by atoms with Crippen molar-refractivity contribution in [2.45, 2.75) is 32.4 Å². The minimum atomic E-state index is -0.251. The van der Waals surface area contributed by atoms with Crippen LogP contribution in [0.1, 0.15) is 24.5 Å². The first-order valence-corrected chi connectivity index (χ1v) is 7.87. The molecule has 0 bridgehead atoms. The summed E-state index contributed by atoms with van der Waals surface area (Å²) < 4.78 is 5.74. The third kappa shape index (κ3) is 5.75. The Kier molecular flexibility index (Phi) is 6.63. The molecular formula is C19H23NO3. The lowest BCUT2D eigenvalue weighted by molar-refractivity contribution is -0.121. The number of hydrogen-bond acceptors (Lipinski definition) is 3. The highest BCUT2D eigenvalue weighted by Gasteiger charge is 2.11. The molecule has 1 atom stereocenters. The Hall–Kier alpha value is -2.33. The van der Waals surface area contributed by atoms with Crippen molar-refractivity contribution in [1.82, 2.24) is 5.32 Å². The molecule has 0 saturated heterocycles. The maximum atomic E-state index is 11.4. The minimum Gasteiger partial charge on any atom is -0.489 e. The minimum absolute atomic E-state index is 0.0492. The molecule has 0 aliphatic carbocycles. The number of carbonyl (C=O) groups is 1. The van der Waals surface area contributed by atoms with Gasteiger partial charge in [0, 0.05) is 6.42 Å². The van der Waals surface area contributed by atoms with E-state index in [1.165, 1.54) is 0 Å². The van der Waals surface area contributed by atoms with E-state index in [1.807, 2.05) is 54.6 Å². The van der Waals surface area contributed by atoms with Gasteiger partial charge < -0.3 is 15.2 Å². The van der Waals surface area contributed by atoms with Crippen LogP contribution in [0.5, 0.6) is 5.75 Å². The molecule has 0 spiro atoms. The summed E-state index contributed by atoms with van der Waals surface area (Å²) in [4.78, 5) is 11.4. The number of nitrogens with one attached hydrogen (secondary N) is 1. The second-order valence-corrected chi connectivity index (χ2v) is 5.42. The van der Waals surface area contributed by atoms with Crippen LogP contribution in [0.4, 0.5) is 0 Å². The molecule has 2 rings (SSSR count). The molecule has 1 amide bonds. The molecule has 2 aromatic carbocycles. The maximum Gasteiger partial charge on any atom is 0.220 e. The first-order valence-electron chi connectivity index (χ1n) is 7.87. The van der Waals surface area contributed by atoms with E-state index < -0.39 is 0 Å². The molecule has 122 valence electrons. The Labute approximate surface area is 137 Å². The van der Waals surface area contributed by atoms with Crippen LogP contribution in [0.2, 0.25) is 0 Å². The Morgan fingerprint density at radius 3 is 2.39 bits per heavy atom. The highest BCUT2D eigenvalue weighted by Crippen LogP contribution is 2.15. The standard InChI is InChI=1S/C19H23NO3/c1-2-19(22)20-17(13-21)12-15-8-10-18(11-9-15)23-14-16-6-4-3-5-7-16/h3-11,17,21H,2,12-14H2,1H3,(H,20,22). The zero-order valence-electron chi connectivity index (χ0n) is 13.4. The summed E-state index contributed by atoms with van der Waals surface area (Å²) in [5.74, 6) is 0.752. The molecule has 0 aromatic heterocycles. The highest BCUT2D eigenvalue weighted by molar-refractivity contribution is 5.75. The predicted octanol–water partition coefficient (Wildman–Crippen LogP) is 2.70. The molecule has 0 saturated carbocycles. The van der Waals surface area contributed by atoms with Crippen molar-refractivity contribution in [2.24, 2.45) is 0 Å². The monoisotopic (exact) mass is 313 g/mol. The summed E-state index contributed by atoms with van der Waals surface area (Å²) in [6, 6.07) is 17.5. The van der Waals surface area contributed by atoms with Gasteiger partial charge in [0.05, 0.1) is 12.6 Å². The van der Waals surface area contributed by atoms with E-state index in [2.05, 4.69) is 5.32 Å². The first kappa shape index (κ1) is 17.0. The third-order valence-corrected chi connectivity index (χ3v) is 3.56. The van der Waals surface area contributed by atoms with Crippen molar-refractivity contribution in [2.75, 3.05) is 6.61 Å². The van der Waals surface area contributed by atoms with Crippen molar-refractivity contribution in [3.05, 3.63) is 65.7 Å². The molecule has 0 fully saturated rings. The average Bonchev–Trinajstić information content (AvgIpc) is 2.61. The van der Waals surface area contributed by atoms with Gasteiger partial charge in [-0.2, -0.15) is 0 Å². The highest BCUT2D eigenvalue weighted by atomic mass is 16.5. The van der Waals surface area contributed by atoms with E-state index in [0.717, 1.165) is 16.9 Å². The molecule has 2 aromatic rings. The number of ether oxygens (including phenoxy) is 1. The van der Waals surface area contributed by atoms with Crippen LogP contribution in [0, 0.1) is 0 Å². The number of hydrogen-bond donors (Lipinski definition) is 2. The van der Waals surface area contributed by atoms with E-state index in [9.17, 15) is 9.90 Å². The lowest BCUT2D eigenvalue weighted by Gasteiger charge is -2.16. The Bertz CT molecular complexity index is 596. The fraction of sp³-hybridized carbons (Fsp3) is 0.316. The van der Waals surface area contributed by atoms with Gasteiger partial charge in [0.25, 0.3) is 0 Å². The van der Waals surface area contributed by atoms with Gasteiger partial charge in [-0.3, -0.25) is 4.79 Å². The van der Waals surface area contributed by atoms with Crippen molar-refractivity contribution < 1.29 is 14.6 Å². The number of amides is 1. The molecule has 0 aliphatic rings. The molecule has 2 N–H and O–H groups in total. The summed E-state index contributed by atoms with van der Waals surface area (Å²) in [7, 11) is 0. The maximum absolute atomic E-state index is 11.4. The van der Waals surface area contributed by atoms with Crippen molar-refractivity contribution >= 4 is 5.91 Å². The Balaban J connectivity index is 1.87. The number of carbonyl (C=O) groups excluding carboxylic acids is 1. The quantitative estimate of drug-likeness (QED) is 0.788. The van der Waals surface area contributed by atoms with Crippen molar-refractivity contribution in [3.63, 3.8) is 0 Å². The SMILES string of the molecule is CCC(=O)NC(CO)Cc1ccc(OCc2ccccc2)cc1. The van der Waals surface area contributed by atoms with E-state index in [-0.39, 0.29) is 18.6 Å². The number of aliphatic hydroxyl groups is 1. The molecule has 4 nitrogen and oxygen atoms in total. The normalized spacial score (nSPS) is 11.7. The summed E-state index contributed by atoms with van der Waals surface area (Å²) in [5.41, 5.74) is 2.17. The van der Waals surface area contributed by atoms with E-state index in [1.54, 1.807) is 6.92 Å². The van der Waals surface area contributed by atoms with Gasteiger partial charge in [0.1, 0.15) is 12.4 Å². The van der Waals surface area contributed by atoms with Crippen molar-refractivity contribution in [3.8, 4) is 5.75 Å². The van der Waals surface area contributed by atoms with Gasteiger partial charge in [0.15, 0.2) is 0 Å². The van der Waals surface area contributed by atoms with Gasteiger partial charge in [-0.05, 0) is 29.7 Å². The number of aliphatic hydroxyl groups excluding tert-OH is 1. The third-order valence-electron chi connectivity index (χ3n) is 3.56. The van der Waals surface area contributed by atoms with Gasteiger partial charge >= 0.3 is 0 Å². The van der Waals surface area contributed by atoms with Crippen LogP contribution in [-0.2, 0) is 17.8 Å². The lowest BCUT2D eigenvalue weighted by Crippen LogP contribution is -2.38. The molecule has 1 unspecified atom stereocenters. The molecule has 23 heavy (non-hydrogen) atoms. The lowest BCUT2D eigenvalue weighted by atomic mass is 10.1. The van der Waals surface area contributed by atoms with Gasteiger partial charge in [-0.1, -0.05) is 49.4 Å². The van der Waals surface area contributed by atoms with E-state index in [4.69, 9.17) is 4.74 Å². The fourth-order valence-corrected chi connectivity index (χ4v) is 2.24. The first-order chi connectivity index (χ1) is 11.2. The second kappa shape index (κ2) is 8.96. The topological polar surface area (TPSA) is 58.6 Å². The predicted molar refractivity (Wildman–Crippen MR) is 90.2 cm³/mol. The zero-order valence-corrected chi connectivity index (χ0v) is 13.4. The van der Waals surface area contributed by atoms with Crippen LogP contribution >= 0.6 is 0 Å². The van der Waals surface area contributed by atoms with E-state index in [0.29, 0.717) is 19.4 Å². The summed E-state index contributed by atoms with van der Waals surface area (Å²) in [6.45, 7) is 2.26. The van der Waals surface area contributed by atoms with Gasteiger partial charge in [-0.15, -0.1) is 0 Å². The van der Waals surface area contributed by atoms with Crippen LogP contribution in [0.15, 0.2) is 54.6 Å². The molecular weight excluding hydrogens is 290 g/mol. The fourth-order valence-electron chi connectivity index (χ4n) is 2.24. The summed E-state index contributed by atoms with van der Waals surface area (Å²) >= 11 is 0. The van der Waals surface area contributed by atoms with Crippen LogP contribution in [-0.4, -0.2) is 23.7 Å². The molecule has 4 heteroatoms. The van der Waals surface area contributed by atoms with Crippen LogP contribution in [0.3, 0.4) is 0 Å². The summed E-state index contributed by atoms with van der Waals surface area (Å²) in [5, 5.41) is 12.2. The van der Waals surface area contributed by atoms with Crippen LogP contribution < -0.4 is 10.1 Å². The summed E-state index contributed by atoms with van der Waals surface area (Å²) in [6.07, 6.45) is 1.02. The Morgan fingerprint density at radius 1 is 1.09 bits per heavy atom. The van der Waals surface area contributed by atoms with E-state index >= 15 is 0 Å². The second-order valence-electron chi connectivity index (χ2n) is 5.42. The van der Waals surface area contributed by atoms with Crippen molar-refractivity contribution in [1.29, 1.82) is 0 Å².